The Morgan fingerprint density at radius 2 is 2.28 bits per heavy atom. The summed E-state index contributed by atoms with van der Waals surface area (Å²) in [5.41, 5.74) is 1.11. The van der Waals surface area contributed by atoms with Gasteiger partial charge in [0.15, 0.2) is 0 Å². The topological polar surface area (TPSA) is 29.9 Å². The lowest BCUT2D eigenvalue weighted by atomic mass is 9.84. The Morgan fingerprint density at radius 3 is 2.89 bits per heavy atom. The molecule has 4 atom stereocenters. The van der Waals surface area contributed by atoms with E-state index < -0.39 is 0 Å². The summed E-state index contributed by atoms with van der Waals surface area (Å²) >= 11 is 0. The van der Waals surface area contributed by atoms with Crippen LogP contribution >= 0.6 is 0 Å². The number of aromatic nitrogens is 2. The van der Waals surface area contributed by atoms with Crippen molar-refractivity contribution in [2.45, 2.75) is 59.0 Å². The van der Waals surface area contributed by atoms with Crippen molar-refractivity contribution in [3.63, 3.8) is 0 Å². The molecule has 0 amide bonds. The van der Waals surface area contributed by atoms with Crippen LogP contribution in [0.25, 0.3) is 0 Å². The van der Waals surface area contributed by atoms with Gasteiger partial charge in [-0.1, -0.05) is 6.42 Å². The smallest absolute Gasteiger partial charge is 0.203 e. The van der Waals surface area contributed by atoms with Crippen molar-refractivity contribution in [2.75, 3.05) is 5.32 Å². The molecule has 18 heavy (non-hydrogen) atoms. The van der Waals surface area contributed by atoms with E-state index in [9.17, 15) is 0 Å². The predicted octanol–water partition coefficient (Wildman–Crippen LogP) is 3.45. The van der Waals surface area contributed by atoms with Crippen molar-refractivity contribution in [1.29, 1.82) is 0 Å². The molecule has 2 fully saturated rings. The van der Waals surface area contributed by atoms with Crippen LogP contribution in [-0.2, 0) is 6.54 Å². The van der Waals surface area contributed by atoms with Gasteiger partial charge in [0.25, 0.3) is 0 Å². The van der Waals surface area contributed by atoms with Gasteiger partial charge < -0.3 is 9.88 Å². The van der Waals surface area contributed by atoms with E-state index in [4.69, 9.17) is 0 Å². The maximum absolute atomic E-state index is 4.61. The summed E-state index contributed by atoms with van der Waals surface area (Å²) in [6.07, 6.45) is 8.00. The summed E-state index contributed by atoms with van der Waals surface area (Å²) in [5, 5.41) is 3.66. The van der Waals surface area contributed by atoms with Gasteiger partial charge in [-0.2, -0.15) is 0 Å². The SMILES string of the molecule is CCn1cc(C)nc1NC(C)C1CC2CCC1C2. The van der Waals surface area contributed by atoms with Crippen LogP contribution in [0.5, 0.6) is 0 Å². The van der Waals surface area contributed by atoms with Gasteiger partial charge in [-0.05, 0) is 57.8 Å². The summed E-state index contributed by atoms with van der Waals surface area (Å²) < 4.78 is 2.22. The van der Waals surface area contributed by atoms with Gasteiger partial charge in [-0.15, -0.1) is 0 Å². The second kappa shape index (κ2) is 4.60. The van der Waals surface area contributed by atoms with Crippen LogP contribution in [0.4, 0.5) is 5.95 Å². The standard InChI is InChI=1S/C15H25N3/c1-4-18-9-10(2)16-15(18)17-11(3)14-8-12-5-6-13(14)7-12/h9,11-14H,4-8H2,1-3H3,(H,16,17). The highest BCUT2D eigenvalue weighted by molar-refractivity contribution is 5.30. The molecular weight excluding hydrogens is 222 g/mol. The third-order valence-electron chi connectivity index (χ3n) is 5.03. The molecule has 0 aliphatic heterocycles. The van der Waals surface area contributed by atoms with Crippen molar-refractivity contribution >= 4 is 5.95 Å². The van der Waals surface area contributed by atoms with Crippen LogP contribution in [0.1, 0.15) is 45.2 Å². The maximum atomic E-state index is 4.61. The largest absolute Gasteiger partial charge is 0.353 e. The fourth-order valence-corrected chi connectivity index (χ4v) is 4.12. The average Bonchev–Trinajstić information content (AvgIpc) is 3.03. The number of nitrogens with zero attached hydrogens (tertiary/aromatic N) is 2. The van der Waals surface area contributed by atoms with Crippen LogP contribution in [0.2, 0.25) is 0 Å². The number of fused-ring (bicyclic) bond motifs is 2. The van der Waals surface area contributed by atoms with Crippen molar-refractivity contribution in [2.24, 2.45) is 17.8 Å². The number of nitrogens with one attached hydrogen (secondary N) is 1. The maximum Gasteiger partial charge on any atom is 0.203 e. The zero-order chi connectivity index (χ0) is 12.7. The zero-order valence-electron chi connectivity index (χ0n) is 11.8. The molecule has 2 aliphatic carbocycles. The molecule has 4 unspecified atom stereocenters. The van der Waals surface area contributed by atoms with Crippen molar-refractivity contribution < 1.29 is 0 Å². The highest BCUT2D eigenvalue weighted by Gasteiger charge is 2.41. The number of imidazole rings is 1. The Labute approximate surface area is 110 Å². The van der Waals surface area contributed by atoms with Crippen molar-refractivity contribution in [3.05, 3.63) is 11.9 Å². The molecule has 0 radical (unpaired) electrons. The zero-order valence-corrected chi connectivity index (χ0v) is 11.8. The summed E-state index contributed by atoms with van der Waals surface area (Å²) in [7, 11) is 0. The van der Waals surface area contributed by atoms with Crippen LogP contribution in [0, 0.1) is 24.7 Å². The Kier molecular flexibility index (Phi) is 3.08. The van der Waals surface area contributed by atoms with E-state index in [1.807, 2.05) is 0 Å². The Hall–Kier alpha value is -0.990. The first-order chi connectivity index (χ1) is 8.67. The number of aryl methyl sites for hydroxylation is 2. The lowest BCUT2D eigenvalue weighted by molar-refractivity contribution is 0.303. The molecule has 1 N–H and O–H groups in total. The fourth-order valence-electron chi connectivity index (χ4n) is 4.12. The summed E-state index contributed by atoms with van der Waals surface area (Å²) in [6.45, 7) is 7.58. The molecule has 3 rings (SSSR count). The van der Waals surface area contributed by atoms with Crippen LogP contribution < -0.4 is 5.32 Å². The van der Waals surface area contributed by atoms with E-state index in [2.05, 4.69) is 41.8 Å². The predicted molar refractivity (Wildman–Crippen MR) is 74.7 cm³/mol. The minimum atomic E-state index is 0.562. The van der Waals surface area contributed by atoms with Crippen molar-refractivity contribution in [3.8, 4) is 0 Å². The summed E-state index contributed by atoms with van der Waals surface area (Å²) in [6, 6.07) is 0.562. The van der Waals surface area contributed by atoms with Gasteiger partial charge in [0, 0.05) is 18.8 Å². The third kappa shape index (κ3) is 2.04. The highest BCUT2D eigenvalue weighted by atomic mass is 15.2. The molecule has 2 saturated carbocycles. The fraction of sp³-hybridized carbons (Fsp3) is 0.800. The van der Waals surface area contributed by atoms with Crippen LogP contribution in [-0.4, -0.2) is 15.6 Å². The number of anilines is 1. The number of hydrogen-bond donors (Lipinski definition) is 1. The monoisotopic (exact) mass is 247 g/mol. The molecule has 100 valence electrons. The van der Waals surface area contributed by atoms with Gasteiger partial charge in [0.2, 0.25) is 5.95 Å². The minimum Gasteiger partial charge on any atom is -0.353 e. The van der Waals surface area contributed by atoms with E-state index in [0.29, 0.717) is 6.04 Å². The molecule has 1 heterocycles. The van der Waals surface area contributed by atoms with E-state index in [0.717, 1.165) is 35.9 Å². The molecular formula is C15H25N3. The molecule has 1 aromatic rings. The van der Waals surface area contributed by atoms with Gasteiger partial charge in [-0.25, -0.2) is 4.98 Å². The first-order valence-electron chi connectivity index (χ1n) is 7.47. The Morgan fingerprint density at radius 1 is 1.44 bits per heavy atom. The molecule has 2 aliphatic rings. The minimum absolute atomic E-state index is 0.562. The molecule has 3 heteroatoms. The molecule has 1 aromatic heterocycles. The Bertz CT molecular complexity index is 423. The lowest BCUT2D eigenvalue weighted by Gasteiger charge is -2.29. The number of rotatable bonds is 4. The first-order valence-corrected chi connectivity index (χ1v) is 7.47. The quantitative estimate of drug-likeness (QED) is 0.883. The van der Waals surface area contributed by atoms with E-state index in [1.54, 1.807) is 0 Å². The number of hydrogen-bond acceptors (Lipinski definition) is 2. The van der Waals surface area contributed by atoms with E-state index >= 15 is 0 Å². The molecule has 2 bridgehead atoms. The second-order valence-electron chi connectivity index (χ2n) is 6.26. The van der Waals surface area contributed by atoms with Crippen molar-refractivity contribution in [1.82, 2.24) is 9.55 Å². The van der Waals surface area contributed by atoms with E-state index in [1.165, 1.54) is 25.7 Å². The van der Waals surface area contributed by atoms with Crippen LogP contribution in [0.3, 0.4) is 0 Å². The van der Waals surface area contributed by atoms with Gasteiger partial charge in [0.05, 0.1) is 5.69 Å². The second-order valence-corrected chi connectivity index (χ2v) is 6.26. The first kappa shape index (κ1) is 12.1. The molecule has 0 saturated heterocycles. The molecule has 3 nitrogen and oxygen atoms in total. The normalized spacial score (nSPS) is 31.8. The lowest BCUT2D eigenvalue weighted by Crippen LogP contribution is -2.31. The van der Waals surface area contributed by atoms with Gasteiger partial charge in [0.1, 0.15) is 0 Å². The van der Waals surface area contributed by atoms with Crippen LogP contribution in [0.15, 0.2) is 6.20 Å². The van der Waals surface area contributed by atoms with Gasteiger partial charge >= 0.3 is 0 Å². The third-order valence-corrected chi connectivity index (χ3v) is 5.03. The molecule has 0 spiro atoms. The highest BCUT2D eigenvalue weighted by Crippen LogP contribution is 2.49. The summed E-state index contributed by atoms with van der Waals surface area (Å²) in [5.74, 6) is 3.93. The van der Waals surface area contributed by atoms with E-state index in [-0.39, 0.29) is 0 Å². The molecule has 0 aromatic carbocycles. The summed E-state index contributed by atoms with van der Waals surface area (Å²) in [4.78, 5) is 4.61. The Balaban J connectivity index is 1.68. The van der Waals surface area contributed by atoms with Gasteiger partial charge in [-0.3, -0.25) is 0 Å². The average molecular weight is 247 g/mol.